The highest BCUT2D eigenvalue weighted by Crippen LogP contribution is 2.21. The number of aliphatic carboxylic acids is 1. The largest absolute Gasteiger partial charge is 0.481 e. The second-order valence-corrected chi connectivity index (χ2v) is 3.91. The van der Waals surface area contributed by atoms with Gasteiger partial charge in [-0.05, 0) is 5.92 Å². The Morgan fingerprint density at radius 2 is 2.67 bits per heavy atom. The maximum Gasteiger partial charge on any atom is 0.313 e. The number of thiazole rings is 1. The third-order valence-electron chi connectivity index (χ3n) is 0.950. The van der Waals surface area contributed by atoms with Gasteiger partial charge in [0.1, 0.15) is 5.69 Å². The van der Waals surface area contributed by atoms with Crippen molar-refractivity contribution in [2.45, 2.75) is 4.34 Å². The molecule has 0 bridgehead atoms. The van der Waals surface area contributed by atoms with Crippen LogP contribution in [0.25, 0.3) is 0 Å². The van der Waals surface area contributed by atoms with E-state index in [0.29, 0.717) is 10.0 Å². The molecule has 1 rings (SSSR count). The summed E-state index contributed by atoms with van der Waals surface area (Å²) >= 11 is 2.54. The Balaban J connectivity index is 2.54. The van der Waals surface area contributed by atoms with Crippen LogP contribution in [0.1, 0.15) is 5.69 Å². The molecule has 1 N–H and O–H groups in total. The van der Waals surface area contributed by atoms with Gasteiger partial charge < -0.3 is 5.11 Å². The number of hydrogen-bond donors (Lipinski definition) is 1. The van der Waals surface area contributed by atoms with Crippen LogP contribution in [0.3, 0.4) is 0 Å². The van der Waals surface area contributed by atoms with Crippen LogP contribution >= 0.6 is 23.1 Å². The van der Waals surface area contributed by atoms with Gasteiger partial charge in [-0.15, -0.1) is 17.8 Å². The van der Waals surface area contributed by atoms with Crippen LogP contribution in [0.5, 0.6) is 0 Å². The first-order valence-corrected chi connectivity index (χ1v) is 4.85. The lowest BCUT2D eigenvalue weighted by Crippen LogP contribution is -1.96. The molecule has 0 aliphatic carbocycles. The predicted octanol–water partition coefficient (Wildman–Crippen LogP) is 1.30. The van der Waals surface area contributed by atoms with Gasteiger partial charge in [-0.3, -0.25) is 4.79 Å². The van der Waals surface area contributed by atoms with Crippen molar-refractivity contribution in [1.82, 2.24) is 4.98 Å². The fraction of sp³-hybridized carbons (Fsp3) is 0.143. The van der Waals surface area contributed by atoms with Crippen LogP contribution in [-0.2, 0) is 4.79 Å². The van der Waals surface area contributed by atoms with Crippen molar-refractivity contribution in [1.29, 1.82) is 0 Å². The van der Waals surface area contributed by atoms with Crippen LogP contribution in [0.2, 0.25) is 0 Å². The Morgan fingerprint density at radius 3 is 3.17 bits per heavy atom. The molecule has 12 heavy (non-hydrogen) atoms. The zero-order chi connectivity index (χ0) is 8.97. The lowest BCUT2D eigenvalue weighted by atomic mass is 10.5. The van der Waals surface area contributed by atoms with Crippen LogP contribution in [0.4, 0.5) is 0 Å². The summed E-state index contributed by atoms with van der Waals surface area (Å²) in [6.45, 7) is 0. The topological polar surface area (TPSA) is 50.2 Å². The lowest BCUT2D eigenvalue weighted by molar-refractivity contribution is -0.133. The van der Waals surface area contributed by atoms with Gasteiger partial charge in [0.05, 0.1) is 5.75 Å². The molecule has 5 heteroatoms. The molecule has 0 unspecified atom stereocenters. The summed E-state index contributed by atoms with van der Waals surface area (Å²) in [6, 6.07) is 0. The van der Waals surface area contributed by atoms with Crippen LogP contribution in [0.15, 0.2) is 9.72 Å². The fourth-order valence-corrected chi connectivity index (χ4v) is 2.00. The molecule has 0 fully saturated rings. The van der Waals surface area contributed by atoms with E-state index in [0.717, 1.165) is 0 Å². The standard InChI is InChI=1S/C7H5NO2S2/c1-2-5-3-11-7(8-5)12-4-6(9)10/h1,3H,4H2,(H,9,10). The molecule has 0 aromatic carbocycles. The molecule has 0 spiro atoms. The Labute approximate surface area is 77.8 Å². The number of terminal acetylenes is 1. The quantitative estimate of drug-likeness (QED) is 0.589. The Hall–Kier alpha value is -0.990. The van der Waals surface area contributed by atoms with Gasteiger partial charge >= 0.3 is 5.97 Å². The third kappa shape index (κ3) is 2.57. The van der Waals surface area contributed by atoms with Gasteiger partial charge in [-0.2, -0.15) is 0 Å². The highest BCUT2D eigenvalue weighted by atomic mass is 32.2. The minimum absolute atomic E-state index is 0.0253. The smallest absolute Gasteiger partial charge is 0.313 e. The first-order valence-electron chi connectivity index (χ1n) is 2.99. The molecule has 0 atom stereocenters. The molecule has 1 heterocycles. The third-order valence-corrected chi connectivity index (χ3v) is 2.96. The van der Waals surface area contributed by atoms with E-state index in [2.05, 4.69) is 10.9 Å². The van der Waals surface area contributed by atoms with Gasteiger partial charge in [0, 0.05) is 5.38 Å². The maximum absolute atomic E-state index is 10.2. The normalized spacial score (nSPS) is 9.25. The summed E-state index contributed by atoms with van der Waals surface area (Å²) in [5.41, 5.74) is 0.563. The van der Waals surface area contributed by atoms with E-state index in [1.54, 1.807) is 5.38 Å². The Morgan fingerprint density at radius 1 is 1.92 bits per heavy atom. The SMILES string of the molecule is C#Cc1csc(SCC(=O)O)n1. The highest BCUT2D eigenvalue weighted by Gasteiger charge is 2.03. The maximum atomic E-state index is 10.2. The second kappa shape index (κ2) is 4.14. The number of carboxylic acid groups (broad SMARTS) is 1. The lowest BCUT2D eigenvalue weighted by Gasteiger charge is -1.88. The van der Waals surface area contributed by atoms with Crippen molar-refractivity contribution < 1.29 is 9.90 Å². The summed E-state index contributed by atoms with van der Waals surface area (Å²) in [5.74, 6) is 1.55. The first-order chi connectivity index (χ1) is 5.72. The summed E-state index contributed by atoms with van der Waals surface area (Å²) in [5, 5.41) is 10.1. The van der Waals surface area contributed by atoms with Crippen molar-refractivity contribution >= 4 is 29.1 Å². The van der Waals surface area contributed by atoms with Crippen molar-refractivity contribution in [3.8, 4) is 12.3 Å². The van der Waals surface area contributed by atoms with Crippen LogP contribution in [-0.4, -0.2) is 21.8 Å². The average Bonchev–Trinajstić information content (AvgIpc) is 2.48. The fourth-order valence-electron chi connectivity index (χ4n) is 0.513. The zero-order valence-electron chi connectivity index (χ0n) is 5.98. The van der Waals surface area contributed by atoms with Gasteiger partial charge in [-0.1, -0.05) is 11.8 Å². The number of nitrogens with zero attached hydrogens (tertiary/aromatic N) is 1. The molecule has 62 valence electrons. The summed E-state index contributed by atoms with van der Waals surface area (Å²) < 4.78 is 0.699. The molecule has 0 saturated carbocycles. The molecule has 1 aromatic heterocycles. The van der Waals surface area contributed by atoms with Crippen LogP contribution < -0.4 is 0 Å². The van der Waals surface area contributed by atoms with E-state index in [-0.39, 0.29) is 5.75 Å². The van der Waals surface area contributed by atoms with Gasteiger partial charge in [0.15, 0.2) is 4.34 Å². The number of carbonyl (C=O) groups is 1. The van der Waals surface area contributed by atoms with E-state index >= 15 is 0 Å². The summed E-state index contributed by atoms with van der Waals surface area (Å²) in [6.07, 6.45) is 5.09. The molecular weight excluding hydrogens is 194 g/mol. The van der Waals surface area contributed by atoms with Crippen molar-refractivity contribution in [3.05, 3.63) is 11.1 Å². The monoisotopic (exact) mass is 199 g/mol. The Bertz CT molecular complexity index is 326. The first kappa shape index (κ1) is 9.10. The number of aromatic nitrogens is 1. The molecule has 0 aliphatic rings. The average molecular weight is 199 g/mol. The van der Waals surface area contributed by atoms with E-state index in [1.165, 1.54) is 23.1 Å². The van der Waals surface area contributed by atoms with Gasteiger partial charge in [0.25, 0.3) is 0 Å². The molecular formula is C7H5NO2S2. The summed E-state index contributed by atoms with van der Waals surface area (Å²) in [7, 11) is 0. The number of rotatable bonds is 3. The second-order valence-electron chi connectivity index (χ2n) is 1.83. The molecule has 0 saturated heterocycles. The molecule has 0 aliphatic heterocycles. The van der Waals surface area contributed by atoms with Gasteiger partial charge in [0.2, 0.25) is 0 Å². The molecule has 0 amide bonds. The zero-order valence-corrected chi connectivity index (χ0v) is 7.61. The highest BCUT2D eigenvalue weighted by molar-refractivity contribution is 8.01. The van der Waals surface area contributed by atoms with E-state index < -0.39 is 5.97 Å². The number of hydrogen-bond acceptors (Lipinski definition) is 4. The van der Waals surface area contributed by atoms with Crippen LogP contribution in [0, 0.1) is 12.3 Å². The van der Waals surface area contributed by atoms with E-state index in [9.17, 15) is 4.79 Å². The molecule has 3 nitrogen and oxygen atoms in total. The van der Waals surface area contributed by atoms with E-state index in [4.69, 9.17) is 11.5 Å². The van der Waals surface area contributed by atoms with Crippen molar-refractivity contribution in [2.75, 3.05) is 5.75 Å². The van der Waals surface area contributed by atoms with E-state index in [1.807, 2.05) is 0 Å². The predicted molar refractivity (Wildman–Crippen MR) is 48.4 cm³/mol. The number of thioether (sulfide) groups is 1. The van der Waals surface area contributed by atoms with Gasteiger partial charge in [-0.25, -0.2) is 4.98 Å². The van der Waals surface area contributed by atoms with Crippen molar-refractivity contribution in [3.63, 3.8) is 0 Å². The molecule has 0 radical (unpaired) electrons. The minimum atomic E-state index is -0.850. The van der Waals surface area contributed by atoms with Crippen molar-refractivity contribution in [2.24, 2.45) is 0 Å². The summed E-state index contributed by atoms with van der Waals surface area (Å²) in [4.78, 5) is 14.1. The Kier molecular flexibility index (Phi) is 3.14. The number of carboxylic acids is 1. The molecule has 1 aromatic rings. The minimum Gasteiger partial charge on any atom is -0.481 e.